The second kappa shape index (κ2) is 8.94. The van der Waals surface area contributed by atoms with E-state index in [0.29, 0.717) is 18.0 Å². The average Bonchev–Trinajstić information content (AvgIpc) is 3.44. The van der Waals surface area contributed by atoms with E-state index >= 15 is 0 Å². The molecule has 0 fully saturated rings. The number of carbonyl (C=O) groups is 1. The van der Waals surface area contributed by atoms with Crippen LogP contribution >= 0.6 is 34.5 Å². The molecule has 0 saturated heterocycles. The minimum absolute atomic E-state index is 0.0818. The molecule has 2 aromatic rings. The van der Waals surface area contributed by atoms with Crippen LogP contribution in [0.3, 0.4) is 0 Å². The number of methoxy groups -OCH3 is 1. The lowest BCUT2D eigenvalue weighted by molar-refractivity contribution is -0.275. The molecule has 3 heterocycles. The molecule has 178 valence electrons. The van der Waals surface area contributed by atoms with Crippen LogP contribution in [0.4, 0.5) is 17.6 Å². The lowest BCUT2D eigenvalue weighted by Crippen LogP contribution is -2.44. The van der Waals surface area contributed by atoms with Gasteiger partial charge in [-0.25, -0.2) is 4.39 Å². The summed E-state index contributed by atoms with van der Waals surface area (Å²) in [6.45, 7) is 1.32. The topological polar surface area (TPSA) is 63.2 Å². The predicted octanol–water partition coefficient (Wildman–Crippen LogP) is 5.08. The van der Waals surface area contributed by atoms with E-state index in [1.165, 1.54) is 18.4 Å². The van der Waals surface area contributed by atoms with Gasteiger partial charge in [0.25, 0.3) is 11.5 Å². The van der Waals surface area contributed by atoms with Crippen LogP contribution in [-0.4, -0.2) is 43.1 Å². The number of nitrogens with one attached hydrogen (secondary N) is 1. The van der Waals surface area contributed by atoms with Crippen LogP contribution in [-0.2, 0) is 28.3 Å². The van der Waals surface area contributed by atoms with Gasteiger partial charge in [0.15, 0.2) is 5.82 Å². The number of amidine groups is 1. The minimum Gasteiger partial charge on any atom is -0.383 e. The lowest BCUT2D eigenvalue weighted by atomic mass is 9.89. The summed E-state index contributed by atoms with van der Waals surface area (Å²) in [6.07, 6.45) is -5.51. The highest BCUT2D eigenvalue weighted by Gasteiger charge is 2.63. The molecule has 0 aliphatic carbocycles. The Kier molecular flexibility index (Phi) is 6.51. The number of amides is 1. The van der Waals surface area contributed by atoms with Crippen molar-refractivity contribution in [2.75, 3.05) is 20.3 Å². The minimum atomic E-state index is -4.87. The molecule has 0 bridgehead atoms. The Balaban J connectivity index is 1.51. The first-order valence-corrected chi connectivity index (χ1v) is 11.2. The number of hydrogen-bond acceptors (Lipinski definition) is 6. The van der Waals surface area contributed by atoms with Crippen LogP contribution in [0, 0.1) is 5.82 Å². The third-order valence-electron chi connectivity index (χ3n) is 5.39. The maximum absolute atomic E-state index is 14.1. The number of halogens is 6. The van der Waals surface area contributed by atoms with Gasteiger partial charge in [-0.15, -0.1) is 11.3 Å². The molecule has 1 unspecified atom stereocenters. The quantitative estimate of drug-likeness (QED) is 0.336. The zero-order valence-electron chi connectivity index (χ0n) is 17.1. The SMILES string of the molecule is COCCNC(=O)c1cc2c(s1)CN(C1=NOC(c3cc(Cl)c(F)c(Cl)c3)(C(F)(F)F)C1)C2. The van der Waals surface area contributed by atoms with Gasteiger partial charge in [-0.2, -0.15) is 13.2 Å². The summed E-state index contributed by atoms with van der Waals surface area (Å²) in [6, 6.07) is 3.42. The van der Waals surface area contributed by atoms with Crippen LogP contribution in [0.5, 0.6) is 0 Å². The molecule has 6 nitrogen and oxygen atoms in total. The molecule has 2 aliphatic rings. The van der Waals surface area contributed by atoms with Crippen LogP contribution in [0.25, 0.3) is 0 Å². The Morgan fingerprint density at radius 1 is 1.30 bits per heavy atom. The predicted molar refractivity (Wildman–Crippen MR) is 115 cm³/mol. The first kappa shape index (κ1) is 24.1. The summed E-state index contributed by atoms with van der Waals surface area (Å²) >= 11 is 12.7. The van der Waals surface area contributed by atoms with E-state index < -0.39 is 39.6 Å². The number of oxime groups is 1. The number of nitrogens with zero attached hydrogens (tertiary/aromatic N) is 2. The molecule has 0 saturated carbocycles. The number of rotatable bonds is 5. The van der Waals surface area contributed by atoms with Crippen molar-refractivity contribution in [1.29, 1.82) is 0 Å². The molecule has 0 radical (unpaired) electrons. The van der Waals surface area contributed by atoms with E-state index in [-0.39, 0.29) is 24.8 Å². The molecule has 1 aromatic heterocycles. The number of thiophene rings is 1. The molecule has 2 aliphatic heterocycles. The maximum Gasteiger partial charge on any atom is 0.435 e. The highest BCUT2D eigenvalue weighted by molar-refractivity contribution is 7.14. The van der Waals surface area contributed by atoms with E-state index in [0.717, 1.165) is 22.6 Å². The van der Waals surface area contributed by atoms with Crippen molar-refractivity contribution in [2.45, 2.75) is 31.3 Å². The molecule has 1 amide bonds. The standard InChI is InChI=1S/C20H17Cl2F4N3O3S/c1-31-3-2-27-18(30)14-4-10-8-29(9-15(10)33-14)16-7-19(32-28-16,20(24,25)26)11-5-12(21)17(23)13(22)6-11/h4-6H,2-3,7-9H2,1H3,(H,27,30). The summed E-state index contributed by atoms with van der Waals surface area (Å²) in [5.41, 5.74) is -2.45. The monoisotopic (exact) mass is 525 g/mol. The second-order valence-corrected chi connectivity index (χ2v) is 9.47. The van der Waals surface area contributed by atoms with Gasteiger partial charge in [0.2, 0.25) is 0 Å². The molecule has 33 heavy (non-hydrogen) atoms. The van der Waals surface area contributed by atoms with Gasteiger partial charge in [0.1, 0.15) is 5.84 Å². The lowest BCUT2D eigenvalue weighted by Gasteiger charge is -2.30. The summed E-state index contributed by atoms with van der Waals surface area (Å²) in [5.74, 6) is -1.16. The molecular formula is C20H17Cl2F4N3O3S. The smallest absolute Gasteiger partial charge is 0.383 e. The number of carbonyl (C=O) groups excluding carboxylic acids is 1. The van der Waals surface area contributed by atoms with Crippen molar-refractivity contribution in [1.82, 2.24) is 10.2 Å². The van der Waals surface area contributed by atoms with Gasteiger partial charge in [-0.05, 0) is 23.8 Å². The van der Waals surface area contributed by atoms with Gasteiger partial charge in [0, 0.05) is 30.6 Å². The van der Waals surface area contributed by atoms with Crippen LogP contribution in [0.15, 0.2) is 23.4 Å². The molecule has 1 N–H and O–H groups in total. The number of ether oxygens (including phenoxy) is 1. The molecule has 4 rings (SSSR count). The van der Waals surface area contributed by atoms with E-state index in [1.807, 2.05) is 0 Å². The molecule has 13 heteroatoms. The van der Waals surface area contributed by atoms with Gasteiger partial charge >= 0.3 is 6.18 Å². The molecule has 0 spiro atoms. The normalized spacial score (nSPS) is 20.0. The zero-order chi connectivity index (χ0) is 24.0. The zero-order valence-corrected chi connectivity index (χ0v) is 19.4. The number of benzene rings is 1. The Morgan fingerprint density at radius 3 is 2.61 bits per heavy atom. The third-order valence-corrected chi connectivity index (χ3v) is 7.11. The van der Waals surface area contributed by atoms with Crippen molar-refractivity contribution in [3.05, 3.63) is 54.9 Å². The Bertz CT molecular complexity index is 1080. The van der Waals surface area contributed by atoms with Gasteiger partial charge in [-0.1, -0.05) is 28.4 Å². The van der Waals surface area contributed by atoms with Crippen molar-refractivity contribution in [3.8, 4) is 0 Å². The largest absolute Gasteiger partial charge is 0.435 e. The fraction of sp³-hybridized carbons (Fsp3) is 0.400. The van der Waals surface area contributed by atoms with Crippen molar-refractivity contribution < 1.29 is 31.9 Å². The number of fused-ring (bicyclic) bond motifs is 1. The van der Waals surface area contributed by atoms with Gasteiger partial charge in [-0.3, -0.25) is 4.79 Å². The molecule has 1 aromatic carbocycles. The molecular weight excluding hydrogens is 509 g/mol. The maximum atomic E-state index is 14.1. The summed E-state index contributed by atoms with van der Waals surface area (Å²) in [7, 11) is 1.53. The molecule has 1 atom stereocenters. The Morgan fingerprint density at radius 2 is 2.00 bits per heavy atom. The van der Waals surface area contributed by atoms with Crippen molar-refractivity contribution >= 4 is 46.3 Å². The number of hydrogen-bond donors (Lipinski definition) is 1. The fourth-order valence-electron chi connectivity index (χ4n) is 3.66. The first-order valence-electron chi connectivity index (χ1n) is 9.66. The van der Waals surface area contributed by atoms with Crippen molar-refractivity contribution in [2.24, 2.45) is 5.16 Å². The van der Waals surface area contributed by atoms with Crippen LogP contribution in [0.1, 0.15) is 32.1 Å². The fourth-order valence-corrected chi connectivity index (χ4v) is 5.26. The summed E-state index contributed by atoms with van der Waals surface area (Å²) < 4.78 is 61.1. The van der Waals surface area contributed by atoms with Gasteiger partial charge < -0.3 is 19.8 Å². The van der Waals surface area contributed by atoms with E-state index in [9.17, 15) is 22.4 Å². The average molecular weight is 526 g/mol. The summed E-state index contributed by atoms with van der Waals surface area (Å²) in [5, 5.41) is 5.36. The van der Waals surface area contributed by atoms with Crippen molar-refractivity contribution in [3.63, 3.8) is 0 Å². The van der Waals surface area contributed by atoms with E-state index in [2.05, 4.69) is 10.5 Å². The number of alkyl halides is 3. The van der Waals surface area contributed by atoms with Gasteiger partial charge in [0.05, 0.1) is 34.5 Å². The van der Waals surface area contributed by atoms with E-state index in [4.69, 9.17) is 32.8 Å². The third kappa shape index (κ3) is 4.39. The van der Waals surface area contributed by atoms with Crippen LogP contribution in [0.2, 0.25) is 10.0 Å². The highest BCUT2D eigenvalue weighted by atomic mass is 35.5. The van der Waals surface area contributed by atoms with Crippen LogP contribution < -0.4 is 5.32 Å². The first-order chi connectivity index (χ1) is 15.6. The Hall–Kier alpha value is -2.08. The Labute approximate surface area is 200 Å². The van der Waals surface area contributed by atoms with E-state index in [1.54, 1.807) is 11.0 Å². The highest BCUT2D eigenvalue weighted by Crippen LogP contribution is 2.50. The summed E-state index contributed by atoms with van der Waals surface area (Å²) in [4.78, 5) is 20.2. The second-order valence-electron chi connectivity index (χ2n) is 7.52.